The molecule has 0 aromatic heterocycles. The van der Waals surface area contributed by atoms with Crippen LogP contribution in [0.25, 0.3) is 0 Å². The highest BCUT2D eigenvalue weighted by Gasteiger charge is 2.23. The molecule has 2 N–H and O–H groups in total. The number of halogens is 1. The summed E-state index contributed by atoms with van der Waals surface area (Å²) in [6.07, 6.45) is 0. The van der Waals surface area contributed by atoms with Crippen LogP contribution in [-0.4, -0.2) is 31.8 Å². The van der Waals surface area contributed by atoms with E-state index in [2.05, 4.69) is 5.32 Å². The molecule has 0 saturated carbocycles. The highest BCUT2D eigenvalue weighted by Crippen LogP contribution is 2.27. The molecule has 88 valence electrons. The molecule has 1 aromatic rings. The monoisotopic (exact) mass is 227 g/mol. The number of carboxylic acid groups (broad SMARTS) is 1. The van der Waals surface area contributed by atoms with Gasteiger partial charge in [0.05, 0.1) is 13.0 Å². The number of benzene rings is 1. The summed E-state index contributed by atoms with van der Waals surface area (Å²) in [6.45, 7) is 0.217. The van der Waals surface area contributed by atoms with Gasteiger partial charge in [-0.05, 0) is 25.2 Å². The van der Waals surface area contributed by atoms with Crippen LogP contribution in [-0.2, 0) is 4.79 Å². The summed E-state index contributed by atoms with van der Waals surface area (Å²) in [5, 5.41) is 11.8. The van der Waals surface area contributed by atoms with Crippen molar-refractivity contribution in [3.8, 4) is 5.75 Å². The molecule has 1 unspecified atom stereocenters. The molecule has 1 rings (SSSR count). The largest absolute Gasteiger partial charge is 0.496 e. The van der Waals surface area contributed by atoms with Gasteiger partial charge in [-0.2, -0.15) is 0 Å². The van der Waals surface area contributed by atoms with E-state index in [1.54, 1.807) is 7.05 Å². The van der Waals surface area contributed by atoms with Crippen molar-refractivity contribution >= 4 is 5.97 Å². The molecule has 0 fully saturated rings. The van der Waals surface area contributed by atoms with Gasteiger partial charge in [0.15, 0.2) is 0 Å². The van der Waals surface area contributed by atoms with Crippen molar-refractivity contribution in [1.29, 1.82) is 0 Å². The van der Waals surface area contributed by atoms with E-state index in [1.165, 1.54) is 25.3 Å². The first-order valence-electron chi connectivity index (χ1n) is 4.81. The molecule has 0 radical (unpaired) electrons. The number of carboxylic acids is 1. The van der Waals surface area contributed by atoms with Crippen molar-refractivity contribution in [1.82, 2.24) is 5.32 Å². The number of nitrogens with one attached hydrogen (secondary N) is 1. The number of likely N-dealkylation sites (N-methyl/N-ethyl adjacent to an activating group) is 1. The Labute approximate surface area is 93.0 Å². The maximum atomic E-state index is 13.1. The van der Waals surface area contributed by atoms with Gasteiger partial charge in [-0.15, -0.1) is 0 Å². The smallest absolute Gasteiger partial charge is 0.312 e. The standard InChI is InChI=1S/C11H14FNO3/c1-13-6-9(11(14)15)8-5-7(12)3-4-10(8)16-2/h3-5,9,13H,6H2,1-2H3,(H,14,15). The van der Waals surface area contributed by atoms with Gasteiger partial charge in [0.25, 0.3) is 0 Å². The van der Waals surface area contributed by atoms with Gasteiger partial charge in [-0.3, -0.25) is 4.79 Å². The average Bonchev–Trinajstić information content (AvgIpc) is 2.25. The van der Waals surface area contributed by atoms with Gasteiger partial charge < -0.3 is 15.2 Å². The fraction of sp³-hybridized carbons (Fsp3) is 0.364. The van der Waals surface area contributed by atoms with E-state index in [0.717, 1.165) is 0 Å². The molecule has 0 heterocycles. The van der Waals surface area contributed by atoms with Crippen LogP contribution in [0.3, 0.4) is 0 Å². The van der Waals surface area contributed by atoms with E-state index in [9.17, 15) is 9.18 Å². The van der Waals surface area contributed by atoms with E-state index >= 15 is 0 Å². The van der Waals surface area contributed by atoms with Crippen LogP contribution in [0.4, 0.5) is 4.39 Å². The highest BCUT2D eigenvalue weighted by molar-refractivity contribution is 5.77. The topological polar surface area (TPSA) is 58.6 Å². The minimum atomic E-state index is -1.02. The first-order chi connectivity index (χ1) is 7.60. The van der Waals surface area contributed by atoms with Crippen molar-refractivity contribution in [2.24, 2.45) is 0 Å². The Morgan fingerprint density at radius 3 is 2.81 bits per heavy atom. The first kappa shape index (κ1) is 12.4. The van der Waals surface area contributed by atoms with Gasteiger partial charge in [0.2, 0.25) is 0 Å². The molecule has 0 saturated heterocycles. The average molecular weight is 227 g/mol. The van der Waals surface area contributed by atoms with Crippen molar-refractivity contribution < 1.29 is 19.0 Å². The predicted molar refractivity (Wildman–Crippen MR) is 57.3 cm³/mol. The molecule has 0 amide bonds. The van der Waals surface area contributed by atoms with Gasteiger partial charge in [0.1, 0.15) is 11.6 Å². The zero-order valence-corrected chi connectivity index (χ0v) is 9.16. The van der Waals surface area contributed by atoms with E-state index in [1.807, 2.05) is 0 Å². The van der Waals surface area contributed by atoms with Crippen LogP contribution < -0.4 is 10.1 Å². The third-order valence-corrected chi connectivity index (χ3v) is 2.27. The number of ether oxygens (including phenoxy) is 1. The van der Waals surface area contributed by atoms with Crippen molar-refractivity contribution in [2.45, 2.75) is 5.92 Å². The fourth-order valence-electron chi connectivity index (χ4n) is 1.51. The Morgan fingerprint density at radius 2 is 2.31 bits per heavy atom. The van der Waals surface area contributed by atoms with Crippen LogP contribution in [0.2, 0.25) is 0 Å². The molecular formula is C11H14FNO3. The second-order valence-corrected chi connectivity index (χ2v) is 3.33. The summed E-state index contributed by atoms with van der Waals surface area (Å²) in [6, 6.07) is 3.85. The van der Waals surface area contributed by atoms with Crippen molar-refractivity contribution in [3.05, 3.63) is 29.6 Å². The van der Waals surface area contributed by atoms with Gasteiger partial charge >= 0.3 is 5.97 Å². The minimum Gasteiger partial charge on any atom is -0.496 e. The van der Waals surface area contributed by atoms with Gasteiger partial charge in [-0.25, -0.2) is 4.39 Å². The van der Waals surface area contributed by atoms with Crippen LogP contribution in [0.5, 0.6) is 5.75 Å². The third-order valence-electron chi connectivity index (χ3n) is 2.27. The highest BCUT2D eigenvalue weighted by atomic mass is 19.1. The number of carbonyl (C=O) groups is 1. The van der Waals surface area contributed by atoms with Crippen molar-refractivity contribution in [2.75, 3.05) is 20.7 Å². The van der Waals surface area contributed by atoms with Crippen LogP contribution in [0.1, 0.15) is 11.5 Å². The first-order valence-corrected chi connectivity index (χ1v) is 4.81. The summed E-state index contributed by atoms with van der Waals surface area (Å²) < 4.78 is 18.1. The van der Waals surface area contributed by atoms with Crippen LogP contribution in [0.15, 0.2) is 18.2 Å². The maximum Gasteiger partial charge on any atom is 0.312 e. The Bertz CT molecular complexity index is 381. The van der Waals surface area contributed by atoms with Crippen molar-refractivity contribution in [3.63, 3.8) is 0 Å². The van der Waals surface area contributed by atoms with Gasteiger partial charge in [0, 0.05) is 12.1 Å². The lowest BCUT2D eigenvalue weighted by Crippen LogP contribution is -2.24. The normalized spacial score (nSPS) is 12.2. The minimum absolute atomic E-state index is 0.217. The molecule has 0 aliphatic carbocycles. The Morgan fingerprint density at radius 1 is 1.62 bits per heavy atom. The quantitative estimate of drug-likeness (QED) is 0.794. The predicted octanol–water partition coefficient (Wildman–Crippen LogP) is 1.22. The van der Waals surface area contributed by atoms with Crippen LogP contribution in [0, 0.1) is 5.82 Å². The number of methoxy groups -OCH3 is 1. The molecule has 1 atom stereocenters. The molecule has 4 nitrogen and oxygen atoms in total. The molecule has 0 bridgehead atoms. The van der Waals surface area contributed by atoms with E-state index in [4.69, 9.17) is 9.84 Å². The SMILES string of the molecule is CNCC(C(=O)O)c1cc(F)ccc1OC. The molecule has 16 heavy (non-hydrogen) atoms. The summed E-state index contributed by atoms with van der Waals surface area (Å²) >= 11 is 0. The molecule has 0 aliphatic heterocycles. The zero-order chi connectivity index (χ0) is 12.1. The van der Waals surface area contributed by atoms with E-state index < -0.39 is 17.7 Å². The second kappa shape index (κ2) is 5.46. The molecule has 0 aliphatic rings. The van der Waals surface area contributed by atoms with Crippen LogP contribution >= 0.6 is 0 Å². The summed E-state index contributed by atoms with van der Waals surface area (Å²) in [5.41, 5.74) is 0.337. The number of rotatable bonds is 5. The third kappa shape index (κ3) is 2.70. The molecular weight excluding hydrogens is 213 g/mol. The lowest BCUT2D eigenvalue weighted by molar-refractivity contribution is -0.138. The lowest BCUT2D eigenvalue weighted by atomic mass is 9.98. The Hall–Kier alpha value is -1.62. The second-order valence-electron chi connectivity index (χ2n) is 3.33. The molecule has 1 aromatic carbocycles. The van der Waals surface area contributed by atoms with E-state index in [-0.39, 0.29) is 6.54 Å². The Balaban J connectivity index is 3.15. The van der Waals surface area contributed by atoms with E-state index in [0.29, 0.717) is 11.3 Å². The zero-order valence-electron chi connectivity index (χ0n) is 9.16. The summed E-state index contributed by atoms with van der Waals surface area (Å²) in [5.74, 6) is -1.93. The lowest BCUT2D eigenvalue weighted by Gasteiger charge is -2.15. The molecule has 5 heteroatoms. The maximum absolute atomic E-state index is 13.1. The summed E-state index contributed by atoms with van der Waals surface area (Å²) in [4.78, 5) is 11.1. The number of hydrogen-bond donors (Lipinski definition) is 2. The number of hydrogen-bond acceptors (Lipinski definition) is 3. The molecule has 0 spiro atoms. The number of aliphatic carboxylic acids is 1. The fourth-order valence-corrected chi connectivity index (χ4v) is 1.51. The summed E-state index contributed by atoms with van der Waals surface area (Å²) in [7, 11) is 3.07. The van der Waals surface area contributed by atoms with Gasteiger partial charge in [-0.1, -0.05) is 0 Å². The Kier molecular flexibility index (Phi) is 4.25.